The first-order chi connectivity index (χ1) is 11.6. The van der Waals surface area contributed by atoms with E-state index in [1.807, 2.05) is 17.6 Å². The van der Waals surface area contributed by atoms with Crippen LogP contribution in [0.5, 0.6) is 6.01 Å². The number of nitrogens with one attached hydrogen (secondary N) is 1. The van der Waals surface area contributed by atoms with Gasteiger partial charge in [0.2, 0.25) is 0 Å². The Labute approximate surface area is 142 Å². The standard InChI is InChI=1S/C17H26N6O/c1-3-4-10(2)24-17-21-15(18)16-20-9-14(23(16)22-17)7-11-5-13-6-12(11)8-19-13/h9-13,19H,3-8H2,1-2H3,(H2,18,21,22)/t10-,11?,12?,13?/m0/s1. The third kappa shape index (κ3) is 2.81. The maximum absolute atomic E-state index is 6.06. The summed E-state index contributed by atoms with van der Waals surface area (Å²) in [7, 11) is 0. The third-order valence-electron chi connectivity index (χ3n) is 5.42. The summed E-state index contributed by atoms with van der Waals surface area (Å²) in [6.45, 7) is 5.31. The molecule has 3 unspecified atom stereocenters. The van der Waals surface area contributed by atoms with E-state index in [1.165, 1.54) is 12.8 Å². The number of ether oxygens (including phenoxy) is 1. The van der Waals surface area contributed by atoms with Crippen molar-refractivity contribution in [1.82, 2.24) is 24.9 Å². The van der Waals surface area contributed by atoms with Crippen molar-refractivity contribution in [2.75, 3.05) is 12.3 Å². The zero-order valence-corrected chi connectivity index (χ0v) is 14.4. The second-order valence-corrected chi connectivity index (χ2v) is 7.28. The Kier molecular flexibility index (Phi) is 4.04. The van der Waals surface area contributed by atoms with Gasteiger partial charge < -0.3 is 15.8 Å². The molecule has 0 spiro atoms. The molecule has 2 aromatic heterocycles. The van der Waals surface area contributed by atoms with Gasteiger partial charge in [-0.2, -0.15) is 4.98 Å². The topological polar surface area (TPSA) is 90.4 Å². The second kappa shape index (κ2) is 6.20. The summed E-state index contributed by atoms with van der Waals surface area (Å²) in [6.07, 6.45) is 7.54. The smallest absolute Gasteiger partial charge is 0.336 e. The molecule has 1 saturated heterocycles. The molecule has 2 aliphatic rings. The molecule has 4 atom stereocenters. The van der Waals surface area contributed by atoms with Crippen LogP contribution in [0.1, 0.15) is 45.2 Å². The van der Waals surface area contributed by atoms with Crippen molar-refractivity contribution >= 4 is 11.5 Å². The van der Waals surface area contributed by atoms with E-state index in [1.54, 1.807) is 0 Å². The Hall–Kier alpha value is -1.89. The molecule has 2 aromatic rings. The fourth-order valence-corrected chi connectivity index (χ4v) is 4.23. The Bertz CT molecular complexity index is 729. The number of rotatable bonds is 6. The lowest BCUT2D eigenvalue weighted by atomic mass is 9.91. The summed E-state index contributed by atoms with van der Waals surface area (Å²) >= 11 is 0. The van der Waals surface area contributed by atoms with Crippen LogP contribution in [0.2, 0.25) is 0 Å². The van der Waals surface area contributed by atoms with Crippen molar-refractivity contribution in [2.24, 2.45) is 11.8 Å². The van der Waals surface area contributed by atoms with Crippen LogP contribution in [0.15, 0.2) is 6.20 Å². The van der Waals surface area contributed by atoms with Crippen molar-refractivity contribution in [3.05, 3.63) is 11.9 Å². The highest BCUT2D eigenvalue weighted by Gasteiger charge is 2.39. The molecule has 24 heavy (non-hydrogen) atoms. The van der Waals surface area contributed by atoms with Crippen LogP contribution in [0.3, 0.4) is 0 Å². The molecule has 0 aromatic carbocycles. The molecule has 1 aliphatic carbocycles. The van der Waals surface area contributed by atoms with Gasteiger partial charge in [0.1, 0.15) is 0 Å². The highest BCUT2D eigenvalue weighted by atomic mass is 16.5. The van der Waals surface area contributed by atoms with Crippen molar-refractivity contribution < 1.29 is 4.74 Å². The predicted molar refractivity (Wildman–Crippen MR) is 91.9 cm³/mol. The number of aromatic nitrogens is 4. The number of nitrogens with zero attached hydrogens (tertiary/aromatic N) is 4. The summed E-state index contributed by atoms with van der Waals surface area (Å²) in [5, 5.41) is 8.11. The molecule has 7 nitrogen and oxygen atoms in total. The zero-order chi connectivity index (χ0) is 16.7. The normalized spacial score (nSPS) is 27.0. The molecule has 4 rings (SSSR count). The lowest BCUT2D eigenvalue weighted by Crippen LogP contribution is -2.30. The molecule has 1 saturated carbocycles. The molecular weight excluding hydrogens is 304 g/mol. The largest absolute Gasteiger partial charge is 0.459 e. The van der Waals surface area contributed by atoms with Gasteiger partial charge in [0.15, 0.2) is 11.5 Å². The van der Waals surface area contributed by atoms with E-state index >= 15 is 0 Å². The fourth-order valence-electron chi connectivity index (χ4n) is 4.23. The van der Waals surface area contributed by atoms with E-state index in [2.05, 4.69) is 27.3 Å². The maximum Gasteiger partial charge on any atom is 0.336 e. The summed E-state index contributed by atoms with van der Waals surface area (Å²) in [4.78, 5) is 8.68. The van der Waals surface area contributed by atoms with Crippen molar-refractivity contribution in [3.63, 3.8) is 0 Å². The first kappa shape index (κ1) is 15.6. The van der Waals surface area contributed by atoms with E-state index < -0.39 is 0 Å². The SMILES string of the molecule is CCC[C@H](C)Oc1nc(N)c2ncc(CC3CC4CC3CN4)n2n1. The number of hydrogen-bond acceptors (Lipinski definition) is 6. The van der Waals surface area contributed by atoms with E-state index in [9.17, 15) is 0 Å². The van der Waals surface area contributed by atoms with Gasteiger partial charge in [0.25, 0.3) is 0 Å². The van der Waals surface area contributed by atoms with Crippen LogP contribution >= 0.6 is 0 Å². The molecule has 7 heteroatoms. The zero-order valence-electron chi connectivity index (χ0n) is 14.4. The first-order valence-corrected chi connectivity index (χ1v) is 9.04. The summed E-state index contributed by atoms with van der Waals surface area (Å²) in [5.41, 5.74) is 7.79. The van der Waals surface area contributed by atoms with Gasteiger partial charge in [-0.15, -0.1) is 5.10 Å². The molecule has 1 aliphatic heterocycles. The van der Waals surface area contributed by atoms with Crippen LogP contribution < -0.4 is 15.8 Å². The third-order valence-corrected chi connectivity index (χ3v) is 5.42. The Morgan fingerprint density at radius 1 is 1.46 bits per heavy atom. The number of nitrogen functional groups attached to an aromatic ring is 1. The molecule has 0 radical (unpaired) electrons. The minimum absolute atomic E-state index is 0.0791. The van der Waals surface area contributed by atoms with E-state index in [4.69, 9.17) is 10.5 Å². The van der Waals surface area contributed by atoms with Crippen LogP contribution in [-0.2, 0) is 6.42 Å². The number of anilines is 1. The van der Waals surface area contributed by atoms with Crippen LogP contribution in [-0.4, -0.2) is 38.3 Å². The number of imidazole rings is 1. The molecule has 2 bridgehead atoms. The van der Waals surface area contributed by atoms with Gasteiger partial charge in [-0.3, -0.25) is 0 Å². The number of fused-ring (bicyclic) bond motifs is 3. The summed E-state index contributed by atoms with van der Waals surface area (Å²) in [6, 6.07) is 1.04. The second-order valence-electron chi connectivity index (χ2n) is 7.28. The van der Waals surface area contributed by atoms with Gasteiger partial charge in [-0.1, -0.05) is 13.3 Å². The monoisotopic (exact) mass is 330 g/mol. The van der Waals surface area contributed by atoms with Crippen molar-refractivity contribution in [2.45, 2.75) is 58.1 Å². The average Bonchev–Trinajstić information content (AvgIpc) is 3.24. The molecule has 130 valence electrons. The molecule has 3 N–H and O–H groups in total. The van der Waals surface area contributed by atoms with Gasteiger partial charge in [-0.25, -0.2) is 9.50 Å². The van der Waals surface area contributed by atoms with Crippen LogP contribution in [0.4, 0.5) is 5.82 Å². The van der Waals surface area contributed by atoms with Crippen LogP contribution in [0, 0.1) is 11.8 Å². The lowest BCUT2D eigenvalue weighted by Gasteiger charge is -2.21. The predicted octanol–water partition coefficient (Wildman–Crippen LogP) is 1.81. The van der Waals surface area contributed by atoms with Gasteiger partial charge in [0, 0.05) is 6.04 Å². The lowest BCUT2D eigenvalue weighted by molar-refractivity contribution is 0.189. The van der Waals surface area contributed by atoms with Gasteiger partial charge in [-0.05, 0) is 51.0 Å². The summed E-state index contributed by atoms with van der Waals surface area (Å²) in [5.74, 6) is 1.86. The summed E-state index contributed by atoms with van der Waals surface area (Å²) < 4.78 is 7.66. The van der Waals surface area contributed by atoms with Gasteiger partial charge in [0.05, 0.1) is 18.0 Å². The number of piperidine rings is 1. The van der Waals surface area contributed by atoms with E-state index in [0.29, 0.717) is 29.4 Å². The van der Waals surface area contributed by atoms with Gasteiger partial charge >= 0.3 is 6.01 Å². The average molecular weight is 330 g/mol. The van der Waals surface area contributed by atoms with E-state index in [-0.39, 0.29) is 6.10 Å². The quantitative estimate of drug-likeness (QED) is 0.839. The molecule has 3 heterocycles. The first-order valence-electron chi connectivity index (χ1n) is 9.04. The van der Waals surface area contributed by atoms with E-state index in [0.717, 1.165) is 37.4 Å². The Balaban J connectivity index is 1.58. The highest BCUT2D eigenvalue weighted by molar-refractivity contribution is 5.59. The molecular formula is C17H26N6O. The minimum Gasteiger partial charge on any atom is -0.459 e. The molecule has 2 fully saturated rings. The highest BCUT2D eigenvalue weighted by Crippen LogP contribution is 2.38. The number of nitrogens with two attached hydrogens (primary N) is 1. The Morgan fingerprint density at radius 2 is 2.33 bits per heavy atom. The molecule has 0 amide bonds. The Morgan fingerprint density at radius 3 is 3.04 bits per heavy atom. The fraction of sp³-hybridized carbons (Fsp3) is 0.706. The minimum atomic E-state index is 0.0791. The number of hydrogen-bond donors (Lipinski definition) is 2. The maximum atomic E-state index is 6.06. The van der Waals surface area contributed by atoms with Crippen LogP contribution in [0.25, 0.3) is 5.65 Å². The van der Waals surface area contributed by atoms with Crippen molar-refractivity contribution in [1.29, 1.82) is 0 Å². The van der Waals surface area contributed by atoms with Crippen molar-refractivity contribution in [3.8, 4) is 6.01 Å².